The Balaban J connectivity index is 1.12. The molecule has 10 aromatic rings. The monoisotopic (exact) mass is 650 g/mol. The number of hydrogen-bond donors (Lipinski definition) is 0. The highest BCUT2D eigenvalue weighted by Crippen LogP contribution is 2.41. The molecule has 3 heteroatoms. The predicted molar refractivity (Wildman–Crippen MR) is 212 cm³/mol. The Labute approximate surface area is 295 Å². The van der Waals surface area contributed by atoms with Crippen LogP contribution in [0.5, 0.6) is 0 Å². The second-order valence-electron chi connectivity index (χ2n) is 13.0. The third kappa shape index (κ3) is 5.15. The van der Waals surface area contributed by atoms with E-state index in [1.54, 1.807) is 0 Å². The van der Waals surface area contributed by atoms with Gasteiger partial charge in [-0.2, -0.15) is 0 Å². The van der Waals surface area contributed by atoms with Gasteiger partial charge in [-0.15, -0.1) is 0 Å². The molecule has 0 spiro atoms. The van der Waals surface area contributed by atoms with Crippen LogP contribution < -0.4 is 0 Å². The molecule has 0 aliphatic heterocycles. The minimum absolute atomic E-state index is 0.697. The highest BCUT2D eigenvalue weighted by atomic mass is 16.3. The minimum Gasteiger partial charge on any atom is -0.455 e. The average molecular weight is 651 g/mol. The van der Waals surface area contributed by atoms with Gasteiger partial charge in [-0.3, -0.25) is 0 Å². The lowest BCUT2D eigenvalue weighted by atomic mass is 9.95. The molecule has 0 saturated carbocycles. The topological polar surface area (TPSA) is 38.9 Å². The second kappa shape index (κ2) is 11.9. The van der Waals surface area contributed by atoms with E-state index in [0.29, 0.717) is 5.82 Å². The molecule has 0 unspecified atom stereocenters. The van der Waals surface area contributed by atoms with E-state index in [9.17, 15) is 0 Å². The fraction of sp³-hybridized carbons (Fsp3) is 0. The van der Waals surface area contributed by atoms with Gasteiger partial charge in [-0.1, -0.05) is 152 Å². The molecule has 238 valence electrons. The van der Waals surface area contributed by atoms with Crippen molar-refractivity contribution in [2.75, 3.05) is 0 Å². The zero-order chi connectivity index (χ0) is 33.7. The Hall–Kier alpha value is -6.84. The number of aromatic nitrogens is 2. The van der Waals surface area contributed by atoms with Crippen LogP contribution in [0, 0.1) is 0 Å². The zero-order valence-electron chi connectivity index (χ0n) is 27.6. The van der Waals surface area contributed by atoms with Crippen molar-refractivity contribution in [1.29, 1.82) is 0 Å². The highest BCUT2D eigenvalue weighted by Gasteiger charge is 2.18. The van der Waals surface area contributed by atoms with Crippen molar-refractivity contribution in [3.63, 3.8) is 0 Å². The van der Waals surface area contributed by atoms with Crippen molar-refractivity contribution >= 4 is 43.5 Å². The van der Waals surface area contributed by atoms with E-state index in [1.165, 1.54) is 21.9 Å². The van der Waals surface area contributed by atoms with E-state index in [4.69, 9.17) is 14.4 Å². The first-order valence-corrected chi connectivity index (χ1v) is 17.2. The first kappa shape index (κ1) is 29.1. The van der Waals surface area contributed by atoms with E-state index in [0.717, 1.165) is 71.9 Å². The summed E-state index contributed by atoms with van der Waals surface area (Å²) in [6.45, 7) is 0. The Morgan fingerprint density at radius 3 is 1.69 bits per heavy atom. The molecule has 0 N–H and O–H groups in total. The molecule has 0 saturated heterocycles. The van der Waals surface area contributed by atoms with Crippen LogP contribution in [-0.2, 0) is 0 Å². The van der Waals surface area contributed by atoms with Crippen LogP contribution >= 0.6 is 0 Å². The Morgan fingerprint density at radius 2 is 0.922 bits per heavy atom. The fourth-order valence-corrected chi connectivity index (χ4v) is 7.27. The van der Waals surface area contributed by atoms with E-state index in [-0.39, 0.29) is 0 Å². The molecule has 0 fully saturated rings. The summed E-state index contributed by atoms with van der Waals surface area (Å²) in [7, 11) is 0. The Morgan fingerprint density at radius 1 is 0.333 bits per heavy atom. The van der Waals surface area contributed by atoms with E-state index in [1.807, 2.05) is 36.4 Å². The third-order valence-corrected chi connectivity index (χ3v) is 9.88. The smallest absolute Gasteiger partial charge is 0.160 e. The molecule has 2 aromatic heterocycles. The molecule has 0 radical (unpaired) electrons. The first-order chi connectivity index (χ1) is 25.2. The molecule has 0 bridgehead atoms. The summed E-state index contributed by atoms with van der Waals surface area (Å²) < 4.78 is 6.61. The normalized spacial score (nSPS) is 11.5. The molecule has 8 aromatic carbocycles. The summed E-state index contributed by atoms with van der Waals surface area (Å²) in [5, 5.41) is 6.79. The van der Waals surface area contributed by atoms with Crippen molar-refractivity contribution in [3.05, 3.63) is 182 Å². The van der Waals surface area contributed by atoms with E-state index in [2.05, 4.69) is 146 Å². The van der Waals surface area contributed by atoms with Crippen molar-refractivity contribution in [3.8, 4) is 56.2 Å². The fourth-order valence-electron chi connectivity index (χ4n) is 7.27. The maximum atomic E-state index is 6.61. The number of nitrogens with zero attached hydrogens (tertiary/aromatic N) is 2. The summed E-state index contributed by atoms with van der Waals surface area (Å²) in [6.07, 6.45) is 0. The summed E-state index contributed by atoms with van der Waals surface area (Å²) in [5.74, 6) is 0.697. The number of fused-ring (bicyclic) bond motifs is 6. The van der Waals surface area contributed by atoms with Crippen LogP contribution in [0.1, 0.15) is 0 Å². The largest absolute Gasteiger partial charge is 0.455 e. The lowest BCUT2D eigenvalue weighted by molar-refractivity contribution is 0.673. The lowest BCUT2D eigenvalue weighted by Gasteiger charge is -2.12. The molecular weight excluding hydrogens is 621 g/mol. The van der Waals surface area contributed by atoms with Crippen LogP contribution in [0.25, 0.3) is 99.6 Å². The summed E-state index contributed by atoms with van der Waals surface area (Å²) in [6, 6.07) is 63.9. The first-order valence-electron chi connectivity index (χ1n) is 17.2. The molecule has 0 atom stereocenters. The van der Waals surface area contributed by atoms with Crippen molar-refractivity contribution in [1.82, 2.24) is 9.97 Å². The molecule has 0 aliphatic carbocycles. The molecule has 3 nitrogen and oxygen atoms in total. The molecular formula is C48H30N2O. The van der Waals surface area contributed by atoms with Gasteiger partial charge in [-0.25, -0.2) is 9.97 Å². The average Bonchev–Trinajstić information content (AvgIpc) is 3.59. The quantitative estimate of drug-likeness (QED) is 0.186. The predicted octanol–water partition coefficient (Wildman–Crippen LogP) is 13.0. The van der Waals surface area contributed by atoms with Crippen LogP contribution in [0.15, 0.2) is 186 Å². The van der Waals surface area contributed by atoms with Crippen molar-refractivity contribution < 1.29 is 4.42 Å². The molecule has 0 aliphatic rings. The van der Waals surface area contributed by atoms with Gasteiger partial charge in [0.15, 0.2) is 5.82 Å². The second-order valence-corrected chi connectivity index (χ2v) is 13.0. The summed E-state index contributed by atoms with van der Waals surface area (Å²) in [4.78, 5) is 10.2. The van der Waals surface area contributed by atoms with Crippen LogP contribution in [0.2, 0.25) is 0 Å². The SMILES string of the molecule is c1ccc(-c2cc(-c3cc4c5cc(-c6ccc(-c7ccc8ccccc8c7)cc6)ccc5oc4c4ccccc34)nc(-c3ccccc3)n2)cc1. The maximum absolute atomic E-state index is 6.61. The minimum atomic E-state index is 0.697. The standard InChI is InChI=1S/C48H30N2O/c1-3-12-34(13-4-1)44-30-45(50-48(49-44)35-14-5-2-6-15-35)41-29-43-42-28-38(25-26-46(42)51-47(43)40-18-10-9-17-39(40)41)33-21-19-32(20-22-33)37-24-23-31-11-7-8-16-36(31)27-37/h1-30H. The lowest BCUT2D eigenvalue weighted by Crippen LogP contribution is -1.96. The van der Waals surface area contributed by atoms with Gasteiger partial charge in [0, 0.05) is 32.8 Å². The number of hydrogen-bond acceptors (Lipinski definition) is 3. The van der Waals surface area contributed by atoms with Crippen LogP contribution in [-0.4, -0.2) is 9.97 Å². The highest BCUT2D eigenvalue weighted by molar-refractivity contribution is 6.19. The van der Waals surface area contributed by atoms with Gasteiger partial charge in [0.1, 0.15) is 11.2 Å². The van der Waals surface area contributed by atoms with Crippen LogP contribution in [0.4, 0.5) is 0 Å². The number of furan rings is 1. The summed E-state index contributed by atoms with van der Waals surface area (Å²) >= 11 is 0. The number of rotatable bonds is 5. The third-order valence-electron chi connectivity index (χ3n) is 9.88. The number of benzene rings is 8. The van der Waals surface area contributed by atoms with Gasteiger partial charge in [0.25, 0.3) is 0 Å². The van der Waals surface area contributed by atoms with Crippen LogP contribution in [0.3, 0.4) is 0 Å². The van der Waals surface area contributed by atoms with Gasteiger partial charge in [0.05, 0.1) is 11.4 Å². The molecule has 51 heavy (non-hydrogen) atoms. The molecule has 2 heterocycles. The Bertz CT molecular complexity index is 2830. The molecule has 10 rings (SSSR count). The maximum Gasteiger partial charge on any atom is 0.160 e. The van der Waals surface area contributed by atoms with Crippen molar-refractivity contribution in [2.45, 2.75) is 0 Å². The van der Waals surface area contributed by atoms with Gasteiger partial charge >= 0.3 is 0 Å². The van der Waals surface area contributed by atoms with Gasteiger partial charge < -0.3 is 4.42 Å². The van der Waals surface area contributed by atoms with Gasteiger partial charge in [-0.05, 0) is 68.7 Å². The van der Waals surface area contributed by atoms with E-state index >= 15 is 0 Å². The summed E-state index contributed by atoms with van der Waals surface area (Å²) in [5.41, 5.74) is 11.3. The molecule has 0 amide bonds. The Kier molecular flexibility index (Phi) is 6.81. The van der Waals surface area contributed by atoms with E-state index < -0.39 is 0 Å². The van der Waals surface area contributed by atoms with Gasteiger partial charge in [0.2, 0.25) is 0 Å². The zero-order valence-corrected chi connectivity index (χ0v) is 27.6. The van der Waals surface area contributed by atoms with Crippen molar-refractivity contribution in [2.24, 2.45) is 0 Å².